The molecule has 1 fully saturated rings. The molecule has 1 aromatic rings. The molecule has 0 aromatic heterocycles. The highest BCUT2D eigenvalue weighted by Gasteiger charge is 2.44. The maximum absolute atomic E-state index is 11.6. The number of hydrogen-bond donors (Lipinski definition) is 1. The number of carboxylic acid groups (broad SMARTS) is 1. The van der Waals surface area contributed by atoms with Crippen molar-refractivity contribution in [2.75, 3.05) is 13.1 Å². The lowest BCUT2D eigenvalue weighted by atomic mass is 9.69. The van der Waals surface area contributed by atoms with Gasteiger partial charge in [0, 0.05) is 0 Å². The van der Waals surface area contributed by atoms with E-state index in [0.29, 0.717) is 5.92 Å². The minimum absolute atomic E-state index is 0.233. The predicted octanol–water partition coefficient (Wildman–Crippen LogP) is 3.74. The molecule has 2 aliphatic rings. The zero-order valence-corrected chi connectivity index (χ0v) is 12.8. The van der Waals surface area contributed by atoms with Crippen LogP contribution in [-0.4, -0.2) is 29.1 Å². The van der Waals surface area contributed by atoms with Crippen LogP contribution >= 0.6 is 0 Å². The highest BCUT2D eigenvalue weighted by atomic mass is 16.4. The van der Waals surface area contributed by atoms with Crippen LogP contribution in [0, 0.1) is 0 Å². The van der Waals surface area contributed by atoms with Crippen molar-refractivity contribution in [2.24, 2.45) is 0 Å². The number of fused-ring (bicyclic) bond motifs is 1. The quantitative estimate of drug-likeness (QED) is 0.920. The average Bonchev–Trinajstić information content (AvgIpc) is 2.51. The second-order valence-electron chi connectivity index (χ2n) is 6.68. The Morgan fingerprint density at radius 3 is 2.71 bits per heavy atom. The standard InChI is InChI=1S/C18H25NO2/c1-14-9-10-18(13-17(20)21,19-11-5-2-6-12-19)16-8-4-3-7-15(14)16/h3-4,7-8,14H,2,5-6,9-13H2,1H3,(H,20,21). The first kappa shape index (κ1) is 14.6. The van der Waals surface area contributed by atoms with Gasteiger partial charge in [-0.3, -0.25) is 9.69 Å². The molecule has 1 saturated heterocycles. The molecule has 2 atom stereocenters. The fourth-order valence-electron chi connectivity index (χ4n) is 4.29. The summed E-state index contributed by atoms with van der Waals surface area (Å²) in [6, 6.07) is 8.52. The summed E-state index contributed by atoms with van der Waals surface area (Å²) >= 11 is 0. The fraction of sp³-hybridized carbons (Fsp3) is 0.611. The van der Waals surface area contributed by atoms with Gasteiger partial charge in [0.1, 0.15) is 0 Å². The molecule has 2 unspecified atom stereocenters. The van der Waals surface area contributed by atoms with Crippen LogP contribution in [0.5, 0.6) is 0 Å². The zero-order valence-electron chi connectivity index (χ0n) is 12.8. The van der Waals surface area contributed by atoms with Gasteiger partial charge >= 0.3 is 5.97 Å². The van der Waals surface area contributed by atoms with Crippen LogP contribution < -0.4 is 0 Å². The lowest BCUT2D eigenvalue weighted by molar-refractivity contribution is -0.141. The van der Waals surface area contributed by atoms with Crippen molar-refractivity contribution in [1.82, 2.24) is 4.90 Å². The minimum Gasteiger partial charge on any atom is -0.481 e. The number of rotatable bonds is 3. The third-order valence-electron chi connectivity index (χ3n) is 5.39. The molecule has 0 spiro atoms. The van der Waals surface area contributed by atoms with Crippen LogP contribution in [0.25, 0.3) is 0 Å². The molecule has 3 heteroatoms. The molecule has 21 heavy (non-hydrogen) atoms. The Balaban J connectivity index is 2.07. The van der Waals surface area contributed by atoms with Crippen LogP contribution in [0.4, 0.5) is 0 Å². The lowest BCUT2D eigenvalue weighted by Gasteiger charge is -2.49. The maximum Gasteiger partial charge on any atom is 0.305 e. The lowest BCUT2D eigenvalue weighted by Crippen LogP contribution is -2.51. The van der Waals surface area contributed by atoms with Gasteiger partial charge in [-0.05, 0) is 55.8 Å². The monoisotopic (exact) mass is 287 g/mol. The Morgan fingerprint density at radius 2 is 2.00 bits per heavy atom. The first-order valence-corrected chi connectivity index (χ1v) is 8.20. The van der Waals surface area contributed by atoms with Gasteiger partial charge in [0.15, 0.2) is 0 Å². The number of piperidine rings is 1. The SMILES string of the molecule is CC1CCC(CC(=O)O)(N2CCCCC2)c2ccccc21. The molecule has 0 amide bonds. The number of benzene rings is 1. The zero-order chi connectivity index (χ0) is 14.9. The Kier molecular flexibility index (Phi) is 4.03. The number of likely N-dealkylation sites (tertiary alicyclic amines) is 1. The van der Waals surface area contributed by atoms with E-state index in [1.807, 2.05) is 0 Å². The summed E-state index contributed by atoms with van der Waals surface area (Å²) in [5.74, 6) is -0.141. The van der Waals surface area contributed by atoms with Crippen LogP contribution in [0.2, 0.25) is 0 Å². The Labute approximate surface area is 127 Å². The molecule has 1 aromatic carbocycles. The number of nitrogens with zero attached hydrogens (tertiary/aromatic N) is 1. The molecule has 114 valence electrons. The minimum atomic E-state index is -0.676. The molecule has 1 N–H and O–H groups in total. The van der Waals surface area contributed by atoms with E-state index in [1.165, 1.54) is 30.4 Å². The summed E-state index contributed by atoms with van der Waals surface area (Å²) in [5, 5.41) is 9.53. The van der Waals surface area contributed by atoms with E-state index in [9.17, 15) is 9.90 Å². The summed E-state index contributed by atoms with van der Waals surface area (Å²) in [7, 11) is 0. The van der Waals surface area contributed by atoms with E-state index >= 15 is 0 Å². The topological polar surface area (TPSA) is 40.5 Å². The molecule has 3 rings (SSSR count). The van der Waals surface area contributed by atoms with E-state index in [1.54, 1.807) is 0 Å². The Morgan fingerprint density at radius 1 is 1.29 bits per heavy atom. The number of hydrogen-bond acceptors (Lipinski definition) is 2. The molecular weight excluding hydrogens is 262 g/mol. The average molecular weight is 287 g/mol. The van der Waals surface area contributed by atoms with E-state index in [-0.39, 0.29) is 12.0 Å². The Hall–Kier alpha value is -1.35. The van der Waals surface area contributed by atoms with Gasteiger partial charge in [-0.25, -0.2) is 0 Å². The summed E-state index contributed by atoms with van der Waals surface area (Å²) in [4.78, 5) is 14.0. The van der Waals surface area contributed by atoms with Gasteiger partial charge in [-0.1, -0.05) is 37.6 Å². The summed E-state index contributed by atoms with van der Waals surface area (Å²) in [6.45, 7) is 4.34. The highest BCUT2D eigenvalue weighted by Crippen LogP contribution is 2.47. The van der Waals surface area contributed by atoms with Crippen molar-refractivity contribution in [3.63, 3.8) is 0 Å². The van der Waals surface area contributed by atoms with Gasteiger partial charge in [0.25, 0.3) is 0 Å². The summed E-state index contributed by atoms with van der Waals surface area (Å²) in [5.41, 5.74) is 2.35. The second-order valence-corrected chi connectivity index (χ2v) is 6.68. The van der Waals surface area contributed by atoms with Gasteiger partial charge in [0.2, 0.25) is 0 Å². The predicted molar refractivity (Wildman–Crippen MR) is 83.4 cm³/mol. The molecular formula is C18H25NO2. The molecule has 0 radical (unpaired) electrons. The van der Waals surface area contributed by atoms with Gasteiger partial charge in [0.05, 0.1) is 12.0 Å². The third-order valence-corrected chi connectivity index (χ3v) is 5.39. The molecule has 3 nitrogen and oxygen atoms in total. The fourth-order valence-corrected chi connectivity index (χ4v) is 4.29. The molecule has 1 heterocycles. The first-order valence-electron chi connectivity index (χ1n) is 8.20. The normalized spacial score (nSPS) is 29.9. The van der Waals surface area contributed by atoms with Gasteiger partial charge in [-0.15, -0.1) is 0 Å². The number of carbonyl (C=O) groups is 1. The largest absolute Gasteiger partial charge is 0.481 e. The smallest absolute Gasteiger partial charge is 0.305 e. The molecule has 1 aliphatic heterocycles. The summed E-state index contributed by atoms with van der Waals surface area (Å²) in [6.07, 6.45) is 5.95. The van der Waals surface area contributed by atoms with Crippen molar-refractivity contribution < 1.29 is 9.90 Å². The van der Waals surface area contributed by atoms with Crippen molar-refractivity contribution >= 4 is 5.97 Å². The highest BCUT2D eigenvalue weighted by molar-refractivity contribution is 5.69. The second kappa shape index (κ2) is 5.80. The van der Waals surface area contributed by atoms with Crippen LogP contribution in [0.3, 0.4) is 0 Å². The van der Waals surface area contributed by atoms with E-state index in [4.69, 9.17) is 0 Å². The van der Waals surface area contributed by atoms with Gasteiger partial charge < -0.3 is 5.11 Å². The van der Waals surface area contributed by atoms with Gasteiger partial charge in [-0.2, -0.15) is 0 Å². The maximum atomic E-state index is 11.6. The van der Waals surface area contributed by atoms with Crippen LogP contribution in [0.15, 0.2) is 24.3 Å². The Bertz CT molecular complexity index is 522. The number of aliphatic carboxylic acids is 1. The van der Waals surface area contributed by atoms with Crippen molar-refractivity contribution in [3.05, 3.63) is 35.4 Å². The van der Waals surface area contributed by atoms with E-state index < -0.39 is 5.97 Å². The molecule has 0 bridgehead atoms. The van der Waals surface area contributed by atoms with Crippen molar-refractivity contribution in [3.8, 4) is 0 Å². The molecule has 1 aliphatic carbocycles. The van der Waals surface area contributed by atoms with E-state index in [2.05, 4.69) is 36.1 Å². The third kappa shape index (κ3) is 2.59. The van der Waals surface area contributed by atoms with Crippen LogP contribution in [-0.2, 0) is 10.3 Å². The summed E-state index contributed by atoms with van der Waals surface area (Å²) < 4.78 is 0. The number of carboxylic acids is 1. The van der Waals surface area contributed by atoms with Crippen molar-refractivity contribution in [1.29, 1.82) is 0 Å². The van der Waals surface area contributed by atoms with Crippen LogP contribution in [0.1, 0.15) is 62.5 Å². The van der Waals surface area contributed by atoms with Crippen molar-refractivity contribution in [2.45, 2.75) is 56.9 Å². The van der Waals surface area contributed by atoms with E-state index in [0.717, 1.165) is 25.9 Å². The molecule has 0 saturated carbocycles. The first-order chi connectivity index (χ1) is 10.1.